The smallest absolute Gasteiger partial charge is 0.147 e. The molecule has 0 spiro atoms. The Kier molecular flexibility index (Phi) is 4.20. The molecule has 0 aliphatic rings. The van der Waals surface area contributed by atoms with E-state index in [9.17, 15) is 0 Å². The normalized spacial score (nSPS) is 11.3. The Bertz CT molecular complexity index is 495. The molecule has 3 nitrogen and oxygen atoms in total. The number of rotatable bonds is 5. The van der Waals surface area contributed by atoms with E-state index in [1.807, 2.05) is 18.2 Å². The summed E-state index contributed by atoms with van der Waals surface area (Å²) < 4.78 is 5.58. The molecule has 0 atom stereocenters. The lowest BCUT2D eigenvalue weighted by Crippen LogP contribution is -2.16. The predicted octanol–water partition coefficient (Wildman–Crippen LogP) is 3.31. The molecule has 1 aromatic carbocycles. The van der Waals surface area contributed by atoms with Crippen LogP contribution in [0.3, 0.4) is 0 Å². The summed E-state index contributed by atoms with van der Waals surface area (Å²) in [5, 5.41) is 5.24. The van der Waals surface area contributed by atoms with Crippen molar-refractivity contribution in [2.75, 3.05) is 32.5 Å². The average Bonchev–Trinajstić information content (AvgIpc) is 2.67. The molecule has 0 radical (unpaired) electrons. The minimum absolute atomic E-state index is 0.758. The van der Waals surface area contributed by atoms with Gasteiger partial charge >= 0.3 is 0 Å². The molecule has 2 rings (SSSR count). The lowest BCUT2D eigenvalue weighted by molar-refractivity contribution is 0.405. The van der Waals surface area contributed by atoms with E-state index in [0.29, 0.717) is 0 Å². The van der Waals surface area contributed by atoms with Gasteiger partial charge in [-0.25, -0.2) is 0 Å². The minimum atomic E-state index is 0.758. The highest BCUT2D eigenvalue weighted by Crippen LogP contribution is 2.29. The third kappa shape index (κ3) is 3.31. The van der Waals surface area contributed by atoms with E-state index in [-0.39, 0.29) is 0 Å². The fourth-order valence-corrected chi connectivity index (χ4v) is 2.55. The maximum Gasteiger partial charge on any atom is 0.147 e. The van der Waals surface area contributed by atoms with Gasteiger partial charge in [-0.15, -0.1) is 0 Å². The molecule has 0 saturated heterocycles. The lowest BCUT2D eigenvalue weighted by atomic mass is 10.2. The first kappa shape index (κ1) is 12.6. The summed E-state index contributed by atoms with van der Waals surface area (Å²) in [6.07, 6.45) is 1.10. The zero-order chi connectivity index (χ0) is 12.3. The van der Waals surface area contributed by atoms with Crippen molar-refractivity contribution in [2.24, 2.45) is 0 Å². The van der Waals surface area contributed by atoms with Crippen LogP contribution in [-0.2, 0) is 0 Å². The van der Waals surface area contributed by atoms with Crippen molar-refractivity contribution in [3.8, 4) is 0 Å². The van der Waals surface area contributed by atoms with Gasteiger partial charge in [0.1, 0.15) is 5.82 Å². The standard InChI is InChI=1S/C12H16ClN3S/c1-16(2)7-3-6-14-12-10-8-9(13)4-5-11(10)17-15-12/h4-5,8H,3,6-7H2,1-2H3,(H,14,15). The fraction of sp³-hybridized carbons (Fsp3) is 0.417. The molecule has 0 bridgehead atoms. The van der Waals surface area contributed by atoms with Gasteiger partial charge in [0.15, 0.2) is 0 Å². The van der Waals surface area contributed by atoms with E-state index < -0.39 is 0 Å². The number of hydrogen-bond donors (Lipinski definition) is 1. The number of nitrogens with zero attached hydrogens (tertiary/aromatic N) is 2. The van der Waals surface area contributed by atoms with Crippen molar-refractivity contribution < 1.29 is 0 Å². The Hall–Kier alpha value is -0.840. The van der Waals surface area contributed by atoms with E-state index in [1.165, 1.54) is 16.2 Å². The molecule has 17 heavy (non-hydrogen) atoms. The Morgan fingerprint density at radius 1 is 1.41 bits per heavy atom. The first-order chi connectivity index (χ1) is 8.16. The van der Waals surface area contributed by atoms with Gasteiger partial charge in [-0.2, -0.15) is 4.37 Å². The van der Waals surface area contributed by atoms with E-state index in [0.717, 1.165) is 35.7 Å². The SMILES string of the molecule is CN(C)CCCNc1nsc2ccc(Cl)cc12. The highest BCUT2D eigenvalue weighted by Gasteiger charge is 2.05. The summed E-state index contributed by atoms with van der Waals surface area (Å²) in [6.45, 7) is 2.01. The molecule has 1 heterocycles. The van der Waals surface area contributed by atoms with Gasteiger partial charge in [-0.05, 0) is 56.8 Å². The Morgan fingerprint density at radius 3 is 3.00 bits per heavy atom. The van der Waals surface area contributed by atoms with Crippen LogP contribution < -0.4 is 5.32 Å². The Balaban J connectivity index is 2.01. The van der Waals surface area contributed by atoms with Gasteiger partial charge in [0.2, 0.25) is 0 Å². The molecule has 0 fully saturated rings. The molecule has 0 aliphatic carbocycles. The van der Waals surface area contributed by atoms with Crippen LogP contribution >= 0.6 is 23.1 Å². The molecule has 2 aromatic rings. The van der Waals surface area contributed by atoms with Crippen LogP contribution in [0.1, 0.15) is 6.42 Å². The first-order valence-corrected chi connectivity index (χ1v) is 6.75. The van der Waals surface area contributed by atoms with Gasteiger partial charge in [-0.3, -0.25) is 0 Å². The summed E-state index contributed by atoms with van der Waals surface area (Å²) in [4.78, 5) is 2.18. The molecule has 92 valence electrons. The van der Waals surface area contributed by atoms with Gasteiger partial charge in [0, 0.05) is 17.0 Å². The van der Waals surface area contributed by atoms with Gasteiger partial charge < -0.3 is 10.2 Å². The van der Waals surface area contributed by atoms with Crippen molar-refractivity contribution in [1.29, 1.82) is 0 Å². The topological polar surface area (TPSA) is 28.2 Å². The second-order valence-electron chi connectivity index (χ2n) is 4.26. The number of benzene rings is 1. The van der Waals surface area contributed by atoms with E-state index in [4.69, 9.17) is 11.6 Å². The second-order valence-corrected chi connectivity index (χ2v) is 5.50. The summed E-state index contributed by atoms with van der Waals surface area (Å²) in [7, 11) is 4.16. The van der Waals surface area contributed by atoms with Crippen molar-refractivity contribution in [3.63, 3.8) is 0 Å². The van der Waals surface area contributed by atoms with Crippen LogP contribution in [0.4, 0.5) is 5.82 Å². The average molecular weight is 270 g/mol. The lowest BCUT2D eigenvalue weighted by Gasteiger charge is -2.09. The van der Waals surface area contributed by atoms with Crippen molar-refractivity contribution in [3.05, 3.63) is 23.2 Å². The molecule has 0 amide bonds. The van der Waals surface area contributed by atoms with E-state index in [2.05, 4.69) is 28.7 Å². The van der Waals surface area contributed by atoms with E-state index >= 15 is 0 Å². The molecule has 0 aliphatic heterocycles. The molecule has 1 aromatic heterocycles. The van der Waals surface area contributed by atoms with Crippen molar-refractivity contribution in [2.45, 2.75) is 6.42 Å². The third-order valence-electron chi connectivity index (χ3n) is 2.51. The molecular weight excluding hydrogens is 254 g/mol. The predicted molar refractivity (Wildman–Crippen MR) is 76.3 cm³/mol. The van der Waals surface area contributed by atoms with Gasteiger partial charge in [0.05, 0.1) is 4.70 Å². The van der Waals surface area contributed by atoms with Crippen LogP contribution in [0.25, 0.3) is 10.1 Å². The molecule has 0 unspecified atom stereocenters. The number of aromatic nitrogens is 1. The highest BCUT2D eigenvalue weighted by molar-refractivity contribution is 7.13. The number of halogens is 1. The van der Waals surface area contributed by atoms with Crippen molar-refractivity contribution >= 4 is 39.0 Å². The molecule has 0 saturated carbocycles. The summed E-state index contributed by atoms with van der Waals surface area (Å²) in [6, 6.07) is 5.88. The molecule has 1 N–H and O–H groups in total. The monoisotopic (exact) mass is 269 g/mol. The summed E-state index contributed by atoms with van der Waals surface area (Å²) in [5.74, 6) is 0.950. The Labute approximate surface area is 111 Å². The van der Waals surface area contributed by atoms with Crippen LogP contribution in [0.2, 0.25) is 5.02 Å². The fourth-order valence-electron chi connectivity index (χ4n) is 1.64. The quantitative estimate of drug-likeness (QED) is 0.844. The maximum atomic E-state index is 5.99. The molecule has 5 heteroatoms. The molecular formula is C12H16ClN3S. The summed E-state index contributed by atoms with van der Waals surface area (Å²) >= 11 is 7.50. The zero-order valence-corrected chi connectivity index (χ0v) is 11.6. The number of hydrogen-bond acceptors (Lipinski definition) is 4. The van der Waals surface area contributed by atoms with E-state index in [1.54, 1.807) is 0 Å². The van der Waals surface area contributed by atoms with Crippen LogP contribution in [0.15, 0.2) is 18.2 Å². The minimum Gasteiger partial charge on any atom is -0.369 e. The zero-order valence-electron chi connectivity index (χ0n) is 10.0. The number of fused-ring (bicyclic) bond motifs is 1. The van der Waals surface area contributed by atoms with Crippen LogP contribution in [0, 0.1) is 0 Å². The second kappa shape index (κ2) is 5.67. The largest absolute Gasteiger partial charge is 0.369 e. The van der Waals surface area contributed by atoms with Crippen LogP contribution in [0.5, 0.6) is 0 Å². The van der Waals surface area contributed by atoms with Gasteiger partial charge in [0.25, 0.3) is 0 Å². The van der Waals surface area contributed by atoms with Crippen molar-refractivity contribution in [1.82, 2.24) is 9.27 Å². The number of anilines is 1. The van der Waals surface area contributed by atoms with Crippen LogP contribution in [-0.4, -0.2) is 36.5 Å². The Morgan fingerprint density at radius 2 is 2.24 bits per heavy atom. The summed E-state index contributed by atoms with van der Waals surface area (Å²) in [5.41, 5.74) is 0. The maximum absolute atomic E-state index is 5.99. The highest BCUT2D eigenvalue weighted by atomic mass is 35.5. The third-order valence-corrected chi connectivity index (χ3v) is 3.57. The first-order valence-electron chi connectivity index (χ1n) is 5.60. The van der Waals surface area contributed by atoms with Gasteiger partial charge in [-0.1, -0.05) is 11.6 Å². The number of nitrogens with one attached hydrogen (secondary N) is 1.